The number of rotatable bonds is 8. The van der Waals surface area contributed by atoms with Gasteiger partial charge in [0.15, 0.2) is 5.13 Å². The lowest BCUT2D eigenvalue weighted by atomic mass is 10.1. The Bertz CT molecular complexity index is 905. The van der Waals surface area contributed by atoms with Gasteiger partial charge in [0.1, 0.15) is 5.82 Å². The van der Waals surface area contributed by atoms with Crippen LogP contribution in [0.5, 0.6) is 0 Å². The van der Waals surface area contributed by atoms with Crippen molar-refractivity contribution >= 4 is 57.5 Å². The van der Waals surface area contributed by atoms with Crippen molar-refractivity contribution in [1.82, 2.24) is 4.98 Å². The molecule has 0 saturated heterocycles. The molecule has 2 amide bonds. The summed E-state index contributed by atoms with van der Waals surface area (Å²) in [4.78, 5) is 29.6. The predicted molar refractivity (Wildman–Crippen MR) is 119 cm³/mol. The van der Waals surface area contributed by atoms with Gasteiger partial charge in [-0.3, -0.25) is 15.0 Å². The normalized spacial score (nSPS) is 15.2. The summed E-state index contributed by atoms with van der Waals surface area (Å²) in [5, 5.41) is 12.4. The fraction of sp³-hybridized carbons (Fsp3) is 0.450. The van der Waals surface area contributed by atoms with Crippen molar-refractivity contribution in [2.75, 3.05) is 22.5 Å². The summed E-state index contributed by atoms with van der Waals surface area (Å²) >= 11 is 8.51. The van der Waals surface area contributed by atoms with Crippen LogP contribution in [0.3, 0.4) is 0 Å². The summed E-state index contributed by atoms with van der Waals surface area (Å²) in [6.07, 6.45) is 5.86. The Balaban J connectivity index is 1.71. The molecule has 3 rings (SSSR count). The molecule has 1 fully saturated rings. The topological polar surface area (TPSA) is 82.5 Å². The summed E-state index contributed by atoms with van der Waals surface area (Å²) in [6, 6.07) is 3.83. The highest BCUT2D eigenvalue weighted by molar-refractivity contribution is 8.01. The molecule has 2 aromatic rings. The second-order valence-corrected chi connectivity index (χ2v) is 10.1. The van der Waals surface area contributed by atoms with Gasteiger partial charge in [-0.2, -0.15) is 0 Å². The molecule has 30 heavy (non-hydrogen) atoms. The van der Waals surface area contributed by atoms with Crippen molar-refractivity contribution in [3.8, 4) is 0 Å². The summed E-state index contributed by atoms with van der Waals surface area (Å²) in [6.45, 7) is 2.06. The van der Waals surface area contributed by atoms with E-state index in [9.17, 15) is 14.0 Å². The average Bonchev–Trinajstić information content (AvgIpc) is 3.36. The van der Waals surface area contributed by atoms with E-state index < -0.39 is 23.7 Å². The highest BCUT2D eigenvalue weighted by atomic mass is 35.5. The molecule has 1 aliphatic rings. The second kappa shape index (κ2) is 10.5. The molecular weight excluding hydrogens is 449 g/mol. The molecule has 0 aliphatic heterocycles. The van der Waals surface area contributed by atoms with E-state index in [0.717, 1.165) is 29.9 Å². The van der Waals surface area contributed by atoms with Crippen LogP contribution in [0.25, 0.3) is 0 Å². The Morgan fingerprint density at radius 2 is 2.17 bits per heavy atom. The zero-order chi connectivity index (χ0) is 21.7. The minimum atomic E-state index is -0.854. The lowest BCUT2D eigenvalue weighted by molar-refractivity contribution is -0.140. The van der Waals surface area contributed by atoms with Crippen LogP contribution in [-0.4, -0.2) is 34.4 Å². The highest BCUT2D eigenvalue weighted by Gasteiger charge is 2.26. The van der Waals surface area contributed by atoms with Crippen LogP contribution in [0.15, 0.2) is 28.6 Å². The van der Waals surface area contributed by atoms with E-state index in [1.165, 1.54) is 40.1 Å². The van der Waals surface area contributed by atoms with Crippen molar-refractivity contribution in [3.05, 3.63) is 35.2 Å². The molecule has 1 aromatic carbocycles. The van der Waals surface area contributed by atoms with Gasteiger partial charge in [0.25, 0.3) is 0 Å². The molecule has 10 heteroatoms. The first-order valence-electron chi connectivity index (χ1n) is 9.68. The molecule has 1 aliphatic carbocycles. The lowest BCUT2D eigenvalue weighted by Crippen LogP contribution is -2.38. The van der Waals surface area contributed by atoms with Crippen molar-refractivity contribution in [3.63, 3.8) is 0 Å². The molecule has 2 N–H and O–H groups in total. The monoisotopic (exact) mass is 471 g/mol. The van der Waals surface area contributed by atoms with Crippen LogP contribution in [-0.2, 0) is 4.79 Å². The standard InChI is InChI=1S/C20H23ClFN3O3S2/c1-12(18(26)27)11-29-17-9-23-19(30-17)24-20(28)25(10-13-4-2-3-5-13)16-7-6-14(21)8-15(16)22/h6-9,12-13H,2-5,10-11H2,1H3,(H,26,27)(H,23,24,28). The third-order valence-electron chi connectivity index (χ3n) is 4.96. The van der Waals surface area contributed by atoms with Gasteiger partial charge >= 0.3 is 12.0 Å². The van der Waals surface area contributed by atoms with E-state index >= 15 is 0 Å². The van der Waals surface area contributed by atoms with Gasteiger partial charge in [-0.25, -0.2) is 14.2 Å². The molecule has 0 radical (unpaired) electrons. The second-order valence-electron chi connectivity index (χ2n) is 7.32. The first-order valence-corrected chi connectivity index (χ1v) is 11.9. The number of hydrogen-bond donors (Lipinski definition) is 2. The Labute approximate surface area is 187 Å². The molecule has 1 heterocycles. The van der Waals surface area contributed by atoms with Gasteiger partial charge in [-0.05, 0) is 37.0 Å². The van der Waals surface area contributed by atoms with E-state index in [1.54, 1.807) is 19.2 Å². The maximum absolute atomic E-state index is 14.5. The molecule has 0 spiro atoms. The number of nitrogens with zero attached hydrogens (tertiary/aromatic N) is 2. The smallest absolute Gasteiger partial charge is 0.328 e. The first-order chi connectivity index (χ1) is 14.3. The number of thiazole rings is 1. The molecular formula is C20H23ClFN3O3S2. The molecule has 0 bridgehead atoms. The van der Waals surface area contributed by atoms with Gasteiger partial charge < -0.3 is 5.11 Å². The Morgan fingerprint density at radius 3 is 2.83 bits per heavy atom. The van der Waals surface area contributed by atoms with Crippen LogP contribution >= 0.6 is 34.7 Å². The number of aliphatic carboxylic acids is 1. The van der Waals surface area contributed by atoms with Crippen LogP contribution in [0, 0.1) is 17.7 Å². The number of urea groups is 1. The maximum Gasteiger partial charge on any atom is 0.328 e. The van der Waals surface area contributed by atoms with Crippen molar-refractivity contribution in [1.29, 1.82) is 0 Å². The SMILES string of the molecule is CC(CSc1cnc(NC(=O)N(CC2CCCC2)c2ccc(Cl)cc2F)s1)C(=O)O. The number of hydrogen-bond acceptors (Lipinski definition) is 5. The fourth-order valence-electron chi connectivity index (χ4n) is 3.26. The molecule has 1 saturated carbocycles. The number of anilines is 2. The summed E-state index contributed by atoms with van der Waals surface area (Å²) in [7, 11) is 0. The lowest BCUT2D eigenvalue weighted by Gasteiger charge is -2.26. The van der Waals surface area contributed by atoms with Crippen molar-refractivity contribution < 1.29 is 19.1 Å². The number of thioether (sulfide) groups is 1. The third-order valence-corrected chi connectivity index (χ3v) is 7.56. The number of carbonyl (C=O) groups is 2. The van der Waals surface area contributed by atoms with E-state index in [0.29, 0.717) is 23.3 Å². The molecule has 162 valence electrons. The van der Waals surface area contributed by atoms with E-state index in [-0.39, 0.29) is 10.7 Å². The first kappa shape index (κ1) is 22.8. The van der Waals surface area contributed by atoms with E-state index in [1.807, 2.05) is 0 Å². The van der Waals surface area contributed by atoms with Gasteiger partial charge in [-0.15, -0.1) is 11.8 Å². The van der Waals surface area contributed by atoms with Crippen LogP contribution in [0.1, 0.15) is 32.6 Å². The summed E-state index contributed by atoms with van der Waals surface area (Å²) < 4.78 is 15.4. The minimum Gasteiger partial charge on any atom is -0.481 e. The predicted octanol–water partition coefficient (Wildman–Crippen LogP) is 5.98. The Kier molecular flexibility index (Phi) is 7.96. The van der Waals surface area contributed by atoms with Gasteiger partial charge in [-0.1, -0.05) is 42.7 Å². The van der Waals surface area contributed by atoms with Crippen LogP contribution in [0.2, 0.25) is 5.02 Å². The van der Waals surface area contributed by atoms with Gasteiger partial charge in [0.2, 0.25) is 0 Å². The largest absolute Gasteiger partial charge is 0.481 e. The third kappa shape index (κ3) is 6.09. The molecule has 1 aromatic heterocycles. The Hall–Kier alpha value is -1.84. The maximum atomic E-state index is 14.5. The summed E-state index contributed by atoms with van der Waals surface area (Å²) in [5.41, 5.74) is 0.185. The number of carboxylic acids is 1. The number of aromatic nitrogens is 1. The Morgan fingerprint density at radius 1 is 1.43 bits per heavy atom. The quantitative estimate of drug-likeness (QED) is 0.463. The zero-order valence-corrected chi connectivity index (χ0v) is 18.8. The minimum absolute atomic E-state index is 0.185. The van der Waals surface area contributed by atoms with Gasteiger partial charge in [0.05, 0.1) is 22.0 Å². The van der Waals surface area contributed by atoms with E-state index in [2.05, 4.69) is 10.3 Å². The number of halogens is 2. The molecule has 1 atom stereocenters. The molecule has 1 unspecified atom stereocenters. The van der Waals surface area contributed by atoms with Crippen LogP contribution < -0.4 is 10.2 Å². The fourth-order valence-corrected chi connectivity index (χ4v) is 5.32. The number of benzene rings is 1. The van der Waals surface area contributed by atoms with E-state index in [4.69, 9.17) is 16.7 Å². The molecule has 6 nitrogen and oxygen atoms in total. The number of nitrogens with one attached hydrogen (secondary N) is 1. The van der Waals surface area contributed by atoms with Crippen molar-refractivity contribution in [2.45, 2.75) is 36.8 Å². The summed E-state index contributed by atoms with van der Waals surface area (Å²) in [5.74, 6) is -1.15. The number of carboxylic acid groups (broad SMARTS) is 1. The number of amides is 2. The van der Waals surface area contributed by atoms with Gasteiger partial charge in [0, 0.05) is 17.3 Å². The number of carbonyl (C=O) groups excluding carboxylic acids is 1. The van der Waals surface area contributed by atoms with Crippen LogP contribution in [0.4, 0.5) is 20.0 Å². The zero-order valence-electron chi connectivity index (χ0n) is 16.4. The average molecular weight is 472 g/mol. The van der Waals surface area contributed by atoms with Crippen molar-refractivity contribution in [2.24, 2.45) is 11.8 Å². The highest BCUT2D eigenvalue weighted by Crippen LogP contribution is 2.32.